The highest BCUT2D eigenvalue weighted by Crippen LogP contribution is 2.36. The van der Waals surface area contributed by atoms with Gasteiger partial charge in [-0.05, 0) is 35.6 Å². The molecule has 0 unspecified atom stereocenters. The van der Waals surface area contributed by atoms with Crippen molar-refractivity contribution < 1.29 is 0 Å². The molecule has 1 atom stereocenters. The first-order valence-electron chi connectivity index (χ1n) is 4.51. The summed E-state index contributed by atoms with van der Waals surface area (Å²) < 4.78 is 0. The Balaban J connectivity index is 2.52. The average Bonchev–Trinajstić information content (AvgIpc) is 2.80. The summed E-state index contributed by atoms with van der Waals surface area (Å²) in [7, 11) is 0. The highest BCUT2D eigenvalue weighted by molar-refractivity contribution is 5.79. The van der Waals surface area contributed by atoms with Crippen molar-refractivity contribution in [2.45, 2.75) is 13.8 Å². The van der Waals surface area contributed by atoms with Gasteiger partial charge in [-0.1, -0.05) is 31.2 Å². The van der Waals surface area contributed by atoms with Crippen LogP contribution in [-0.2, 0) is 0 Å². The molecule has 1 nitrogen and oxygen atoms in total. The lowest BCUT2D eigenvalue weighted by Gasteiger charge is -1.88. The summed E-state index contributed by atoms with van der Waals surface area (Å²) in [4.78, 5) is 11.5. The van der Waals surface area contributed by atoms with E-state index < -0.39 is 0 Å². The topological polar surface area (TPSA) is 17.1 Å². The van der Waals surface area contributed by atoms with E-state index in [2.05, 4.69) is 13.0 Å². The Morgan fingerprint density at radius 3 is 2.62 bits per heavy atom. The van der Waals surface area contributed by atoms with Gasteiger partial charge in [-0.2, -0.15) is 0 Å². The van der Waals surface area contributed by atoms with Gasteiger partial charge in [0, 0.05) is 0 Å². The first-order chi connectivity index (χ1) is 6.18. The molecular formula is C12H12O. The van der Waals surface area contributed by atoms with Crippen molar-refractivity contribution in [1.29, 1.82) is 0 Å². The SMILES string of the molecule is Cc1cccc(C2=C[C@@H]2C)cc1=O. The molecule has 2 rings (SSSR count). The van der Waals surface area contributed by atoms with Crippen molar-refractivity contribution in [2.24, 2.45) is 5.92 Å². The van der Waals surface area contributed by atoms with Crippen LogP contribution in [0.5, 0.6) is 0 Å². The molecule has 1 aromatic carbocycles. The molecule has 0 saturated heterocycles. The van der Waals surface area contributed by atoms with E-state index >= 15 is 0 Å². The second kappa shape index (κ2) is 2.84. The first-order valence-corrected chi connectivity index (χ1v) is 4.51. The third kappa shape index (κ3) is 1.55. The second-order valence-corrected chi connectivity index (χ2v) is 3.58. The van der Waals surface area contributed by atoms with E-state index in [0.29, 0.717) is 5.92 Å². The third-order valence-corrected chi connectivity index (χ3v) is 2.44. The minimum Gasteiger partial charge on any atom is -0.290 e. The highest BCUT2D eigenvalue weighted by atomic mass is 16.1. The van der Waals surface area contributed by atoms with Gasteiger partial charge >= 0.3 is 0 Å². The molecule has 1 heteroatoms. The summed E-state index contributed by atoms with van der Waals surface area (Å²) in [5.74, 6) is 0.558. The van der Waals surface area contributed by atoms with E-state index in [1.807, 2.05) is 25.1 Å². The fourth-order valence-electron chi connectivity index (χ4n) is 1.44. The Morgan fingerprint density at radius 2 is 2.00 bits per heavy atom. The van der Waals surface area contributed by atoms with Crippen molar-refractivity contribution in [1.82, 2.24) is 0 Å². The smallest absolute Gasteiger partial charge is 0.182 e. The van der Waals surface area contributed by atoms with Crippen LogP contribution < -0.4 is 5.43 Å². The zero-order valence-corrected chi connectivity index (χ0v) is 7.87. The Kier molecular flexibility index (Phi) is 1.80. The molecule has 0 saturated carbocycles. The van der Waals surface area contributed by atoms with Crippen LogP contribution in [0.2, 0.25) is 0 Å². The summed E-state index contributed by atoms with van der Waals surface area (Å²) in [5, 5.41) is 0. The van der Waals surface area contributed by atoms with Gasteiger partial charge in [-0.15, -0.1) is 0 Å². The largest absolute Gasteiger partial charge is 0.290 e. The molecule has 0 aromatic heterocycles. The summed E-state index contributed by atoms with van der Waals surface area (Å²) in [6.07, 6.45) is 2.17. The maximum absolute atomic E-state index is 11.5. The number of allylic oxidation sites excluding steroid dienone is 2. The Hall–Kier alpha value is -1.37. The van der Waals surface area contributed by atoms with Crippen molar-refractivity contribution >= 4 is 5.57 Å². The van der Waals surface area contributed by atoms with Crippen LogP contribution in [0.1, 0.15) is 18.1 Å². The van der Waals surface area contributed by atoms with Crippen molar-refractivity contribution in [3.63, 3.8) is 0 Å². The Bertz CT molecular complexity index is 429. The molecule has 0 amide bonds. The van der Waals surface area contributed by atoms with Gasteiger partial charge in [-0.3, -0.25) is 4.79 Å². The van der Waals surface area contributed by atoms with Gasteiger partial charge < -0.3 is 0 Å². The summed E-state index contributed by atoms with van der Waals surface area (Å²) in [6.45, 7) is 3.98. The molecule has 0 spiro atoms. The highest BCUT2D eigenvalue weighted by Gasteiger charge is 2.20. The van der Waals surface area contributed by atoms with E-state index in [1.54, 1.807) is 6.07 Å². The Labute approximate surface area is 77.7 Å². The van der Waals surface area contributed by atoms with E-state index in [0.717, 1.165) is 11.1 Å². The van der Waals surface area contributed by atoms with E-state index in [-0.39, 0.29) is 5.43 Å². The maximum atomic E-state index is 11.5. The molecule has 1 aliphatic carbocycles. The minimum atomic E-state index is 0.125. The van der Waals surface area contributed by atoms with E-state index in [4.69, 9.17) is 0 Å². The Morgan fingerprint density at radius 1 is 1.31 bits per heavy atom. The van der Waals surface area contributed by atoms with Crippen LogP contribution >= 0.6 is 0 Å². The predicted octanol–water partition coefficient (Wildman–Crippen LogP) is 2.39. The lowest BCUT2D eigenvalue weighted by Crippen LogP contribution is -1.98. The molecule has 1 aromatic rings. The molecule has 0 N–H and O–H groups in total. The van der Waals surface area contributed by atoms with Gasteiger partial charge in [-0.25, -0.2) is 0 Å². The van der Waals surface area contributed by atoms with E-state index in [1.165, 1.54) is 5.57 Å². The molecule has 0 aliphatic heterocycles. The maximum Gasteiger partial charge on any atom is 0.182 e. The van der Waals surface area contributed by atoms with Crippen LogP contribution in [-0.4, -0.2) is 0 Å². The van der Waals surface area contributed by atoms with Crippen molar-refractivity contribution in [3.8, 4) is 0 Å². The standard InChI is InChI=1S/C12H12O/c1-8-4-3-5-10(7-12(8)13)11-6-9(11)2/h3-7,9H,1-2H3/t9-/m0/s1. The normalized spacial score (nSPS) is 19.5. The molecule has 13 heavy (non-hydrogen) atoms. The lowest BCUT2D eigenvalue weighted by molar-refractivity contribution is 1.10. The van der Waals surface area contributed by atoms with Crippen LogP contribution in [0.3, 0.4) is 0 Å². The number of hydrogen-bond donors (Lipinski definition) is 0. The third-order valence-electron chi connectivity index (χ3n) is 2.44. The zero-order chi connectivity index (χ0) is 9.42. The molecule has 66 valence electrons. The lowest BCUT2D eigenvalue weighted by atomic mass is 10.2. The van der Waals surface area contributed by atoms with Gasteiger partial charge in [0.15, 0.2) is 5.43 Å². The van der Waals surface area contributed by atoms with Crippen LogP contribution in [0.4, 0.5) is 0 Å². The fraction of sp³-hybridized carbons (Fsp3) is 0.250. The summed E-state index contributed by atoms with van der Waals surface area (Å²) >= 11 is 0. The monoisotopic (exact) mass is 172 g/mol. The van der Waals surface area contributed by atoms with Crippen molar-refractivity contribution in [2.75, 3.05) is 0 Å². The molecule has 1 aliphatic rings. The molecular weight excluding hydrogens is 160 g/mol. The number of aryl methyl sites for hydroxylation is 1. The number of hydrogen-bond acceptors (Lipinski definition) is 1. The summed E-state index contributed by atoms with van der Waals surface area (Å²) in [5.41, 5.74) is 3.30. The minimum absolute atomic E-state index is 0.125. The van der Waals surface area contributed by atoms with E-state index in [9.17, 15) is 4.79 Å². The number of rotatable bonds is 1. The summed E-state index contributed by atoms with van der Waals surface area (Å²) in [6, 6.07) is 7.53. The first kappa shape index (κ1) is 8.24. The molecule has 0 bridgehead atoms. The molecule has 0 heterocycles. The zero-order valence-electron chi connectivity index (χ0n) is 7.87. The average molecular weight is 172 g/mol. The van der Waals surface area contributed by atoms with Crippen molar-refractivity contribution in [3.05, 3.63) is 51.7 Å². The molecule has 0 radical (unpaired) electrons. The fourth-order valence-corrected chi connectivity index (χ4v) is 1.44. The van der Waals surface area contributed by atoms with Crippen LogP contribution in [0.15, 0.2) is 35.1 Å². The van der Waals surface area contributed by atoms with Crippen LogP contribution in [0.25, 0.3) is 5.57 Å². The molecule has 0 fully saturated rings. The second-order valence-electron chi connectivity index (χ2n) is 3.58. The quantitative estimate of drug-likeness (QED) is 0.635. The van der Waals surface area contributed by atoms with Crippen LogP contribution in [0, 0.1) is 12.8 Å². The van der Waals surface area contributed by atoms with Gasteiger partial charge in [0.05, 0.1) is 0 Å². The van der Waals surface area contributed by atoms with Gasteiger partial charge in [0.25, 0.3) is 0 Å². The van der Waals surface area contributed by atoms with Gasteiger partial charge in [0.1, 0.15) is 0 Å². The predicted molar refractivity (Wildman–Crippen MR) is 54.6 cm³/mol. The van der Waals surface area contributed by atoms with Gasteiger partial charge in [0.2, 0.25) is 0 Å².